The number of hydrogen-bond donors (Lipinski definition) is 0. The van der Waals surface area contributed by atoms with Gasteiger partial charge in [0.2, 0.25) is 0 Å². The molecule has 0 heterocycles. The van der Waals surface area contributed by atoms with E-state index in [-0.39, 0.29) is 56.3 Å². The molecule has 0 bridgehead atoms. The minimum Gasteiger partial charge on any atom is -2.00 e. The molecule has 0 N–H and O–H groups in total. The zero-order valence-corrected chi connectivity index (χ0v) is 7.00. The third kappa shape index (κ3) is 9.95. The number of rotatable bonds is 0. The van der Waals surface area contributed by atoms with Gasteiger partial charge in [0.1, 0.15) is 0 Å². The van der Waals surface area contributed by atoms with E-state index in [0.29, 0.717) is 0 Å². The van der Waals surface area contributed by atoms with Crippen molar-refractivity contribution in [3.63, 3.8) is 0 Å². The monoisotopic (exact) mass is 314 g/mol. The van der Waals surface area contributed by atoms with Crippen LogP contribution in [0.15, 0.2) is 0 Å². The van der Waals surface area contributed by atoms with Crippen LogP contribution in [-0.2, 0) is 56.3 Å². The maximum absolute atomic E-state index is 0. The van der Waals surface area contributed by atoms with Crippen LogP contribution in [0.3, 0.4) is 0 Å². The Morgan fingerprint density at radius 3 is 0.750 bits per heavy atom. The second-order valence-electron chi connectivity index (χ2n) is 0. The summed E-state index contributed by atoms with van der Waals surface area (Å²) in [6, 6.07) is 0. The largest absolute Gasteiger partial charge is 4.00 e. The van der Waals surface area contributed by atoms with Gasteiger partial charge in [-0.1, -0.05) is 0 Å². The number of hydrogen-bond acceptors (Lipinski definition) is 0. The predicted octanol–water partition coefficient (Wildman–Crippen LogP) is -0.243. The SMILES string of the molecule is [Hf].[O-2].[O-2].[Ru+4]. The van der Waals surface area contributed by atoms with E-state index < -0.39 is 0 Å². The van der Waals surface area contributed by atoms with Crippen molar-refractivity contribution in [1.29, 1.82) is 0 Å². The maximum atomic E-state index is 0. The zero-order valence-electron chi connectivity index (χ0n) is 1.67. The molecule has 0 saturated heterocycles. The third-order valence-electron chi connectivity index (χ3n) is 0. The van der Waals surface area contributed by atoms with Gasteiger partial charge >= 0.3 is 19.5 Å². The van der Waals surface area contributed by atoms with Crippen molar-refractivity contribution >= 4 is 0 Å². The molecule has 0 aromatic carbocycles. The fourth-order valence-electron chi connectivity index (χ4n) is 0. The van der Waals surface area contributed by atoms with E-state index in [2.05, 4.69) is 0 Å². The van der Waals surface area contributed by atoms with E-state index in [1.54, 1.807) is 0 Å². The van der Waals surface area contributed by atoms with E-state index in [0.717, 1.165) is 0 Å². The molecule has 0 fully saturated rings. The first-order chi connectivity index (χ1) is 0. The molecule has 0 amide bonds. The van der Waals surface area contributed by atoms with Gasteiger partial charge in [-0.3, -0.25) is 0 Å². The van der Waals surface area contributed by atoms with Crippen LogP contribution in [-0.4, -0.2) is 0 Å². The van der Waals surface area contributed by atoms with Crippen molar-refractivity contribution in [2.45, 2.75) is 0 Å². The van der Waals surface area contributed by atoms with Gasteiger partial charge in [0.25, 0.3) is 0 Å². The Bertz CT molecular complexity index is 6.00. The van der Waals surface area contributed by atoms with Crippen LogP contribution < -0.4 is 0 Å². The van der Waals surface area contributed by atoms with Crippen molar-refractivity contribution in [2.75, 3.05) is 0 Å². The molecule has 0 unspecified atom stereocenters. The summed E-state index contributed by atoms with van der Waals surface area (Å²) in [6.07, 6.45) is 0. The molecular weight excluding hydrogens is 312 g/mol. The second kappa shape index (κ2) is 25.7. The first-order valence-electron chi connectivity index (χ1n) is 0. The second-order valence-corrected chi connectivity index (χ2v) is 0. The van der Waals surface area contributed by atoms with E-state index in [1.807, 2.05) is 0 Å². The van der Waals surface area contributed by atoms with Crippen LogP contribution in [0.5, 0.6) is 0 Å². The molecule has 0 aromatic heterocycles. The smallest absolute Gasteiger partial charge is 2.00 e. The molecular formula is HfO2Ru. The molecule has 0 aliphatic carbocycles. The topological polar surface area (TPSA) is 57.0 Å². The first kappa shape index (κ1) is 52.8. The summed E-state index contributed by atoms with van der Waals surface area (Å²) in [5, 5.41) is 0. The summed E-state index contributed by atoms with van der Waals surface area (Å²) in [4.78, 5) is 0. The molecule has 4 heteroatoms. The van der Waals surface area contributed by atoms with Gasteiger partial charge in [0.15, 0.2) is 0 Å². The molecule has 24 valence electrons. The van der Waals surface area contributed by atoms with Crippen molar-refractivity contribution in [3.05, 3.63) is 0 Å². The summed E-state index contributed by atoms with van der Waals surface area (Å²) >= 11 is 0. The Hall–Kier alpha value is 1.41. The standard InChI is InChI=1S/Hf.2O.Ru/q;2*-2;+4. The van der Waals surface area contributed by atoms with E-state index in [9.17, 15) is 0 Å². The summed E-state index contributed by atoms with van der Waals surface area (Å²) < 4.78 is 0. The summed E-state index contributed by atoms with van der Waals surface area (Å²) in [5.74, 6) is 0. The molecule has 0 spiro atoms. The Kier molecular flexibility index (Phi) is 340. The fraction of sp³-hybridized carbons (Fsp3) is 0. The Balaban J connectivity index is 0. The Morgan fingerprint density at radius 2 is 0.750 bits per heavy atom. The molecule has 0 radical (unpaired) electrons. The summed E-state index contributed by atoms with van der Waals surface area (Å²) in [6.45, 7) is 0. The van der Waals surface area contributed by atoms with Crippen molar-refractivity contribution in [2.24, 2.45) is 0 Å². The van der Waals surface area contributed by atoms with Crippen LogP contribution >= 0.6 is 0 Å². The van der Waals surface area contributed by atoms with E-state index >= 15 is 0 Å². The van der Waals surface area contributed by atoms with Gasteiger partial charge in [-0.05, 0) is 0 Å². The molecule has 0 aliphatic heterocycles. The summed E-state index contributed by atoms with van der Waals surface area (Å²) in [5.41, 5.74) is 0. The van der Waals surface area contributed by atoms with Gasteiger partial charge in [0, 0.05) is 25.8 Å². The van der Waals surface area contributed by atoms with Crippen LogP contribution in [0.1, 0.15) is 0 Å². The Morgan fingerprint density at radius 1 is 0.750 bits per heavy atom. The summed E-state index contributed by atoms with van der Waals surface area (Å²) in [7, 11) is 0. The van der Waals surface area contributed by atoms with Gasteiger partial charge in [-0.2, -0.15) is 0 Å². The molecule has 0 atom stereocenters. The first-order valence-corrected chi connectivity index (χ1v) is 0. The molecule has 0 aromatic rings. The predicted molar refractivity (Wildman–Crippen MR) is 1.37 cm³/mol. The third-order valence-corrected chi connectivity index (χ3v) is 0. The van der Waals surface area contributed by atoms with Gasteiger partial charge in [0.05, 0.1) is 0 Å². The molecule has 4 heavy (non-hydrogen) atoms. The van der Waals surface area contributed by atoms with Gasteiger partial charge < -0.3 is 11.0 Å². The normalized spacial score (nSPS) is 0. The van der Waals surface area contributed by atoms with E-state index in [4.69, 9.17) is 0 Å². The van der Waals surface area contributed by atoms with Crippen LogP contribution in [0, 0.1) is 0 Å². The zero-order chi connectivity index (χ0) is 0. The molecule has 0 rings (SSSR count). The average Bonchev–Trinajstić information content (AvgIpc) is 0. The van der Waals surface area contributed by atoms with Crippen LogP contribution in [0.25, 0.3) is 0 Å². The Labute approximate surface area is 56.1 Å². The van der Waals surface area contributed by atoms with E-state index in [1.165, 1.54) is 0 Å². The average molecular weight is 312 g/mol. The van der Waals surface area contributed by atoms with Gasteiger partial charge in [-0.25, -0.2) is 0 Å². The molecule has 2 nitrogen and oxygen atoms in total. The van der Waals surface area contributed by atoms with Crippen molar-refractivity contribution in [3.8, 4) is 0 Å². The quantitative estimate of drug-likeness (QED) is 0.555. The van der Waals surface area contributed by atoms with Gasteiger partial charge in [-0.15, -0.1) is 0 Å². The minimum atomic E-state index is 0. The van der Waals surface area contributed by atoms with Crippen molar-refractivity contribution < 1.29 is 56.3 Å². The minimum absolute atomic E-state index is 0. The van der Waals surface area contributed by atoms with Crippen LogP contribution in [0.4, 0.5) is 0 Å². The molecule has 0 saturated carbocycles. The maximum Gasteiger partial charge on any atom is 4.00 e. The van der Waals surface area contributed by atoms with Crippen LogP contribution in [0.2, 0.25) is 0 Å². The van der Waals surface area contributed by atoms with Crippen molar-refractivity contribution in [1.82, 2.24) is 0 Å². The fourth-order valence-corrected chi connectivity index (χ4v) is 0. The molecule has 0 aliphatic rings.